The third kappa shape index (κ3) is 3.43. The van der Waals surface area contributed by atoms with Gasteiger partial charge in [0.05, 0.1) is 4.70 Å². The molecule has 2 rings (SSSR count). The average molecular weight is 321 g/mol. The second kappa shape index (κ2) is 6.45. The van der Waals surface area contributed by atoms with Crippen LogP contribution in [0.2, 0.25) is 0 Å². The van der Waals surface area contributed by atoms with Crippen LogP contribution < -0.4 is 0 Å². The van der Waals surface area contributed by atoms with Crippen molar-refractivity contribution >= 4 is 39.3 Å². The predicted octanol–water partition coefficient (Wildman–Crippen LogP) is 4.06. The first-order chi connectivity index (χ1) is 9.49. The molecule has 0 saturated carbocycles. The largest absolute Gasteiger partial charge is 0.481 e. The Morgan fingerprint density at radius 3 is 2.75 bits per heavy atom. The van der Waals surface area contributed by atoms with Gasteiger partial charge in [-0.05, 0) is 12.8 Å². The van der Waals surface area contributed by atoms with Gasteiger partial charge in [0.15, 0.2) is 16.0 Å². The van der Waals surface area contributed by atoms with Crippen molar-refractivity contribution < 1.29 is 23.1 Å². The molecular formula is C12H10F3NO2S2. The van der Waals surface area contributed by atoms with Gasteiger partial charge < -0.3 is 5.11 Å². The van der Waals surface area contributed by atoms with Crippen molar-refractivity contribution in [2.24, 2.45) is 0 Å². The molecule has 0 bridgehead atoms. The zero-order valence-corrected chi connectivity index (χ0v) is 11.8. The van der Waals surface area contributed by atoms with Gasteiger partial charge in [-0.3, -0.25) is 4.79 Å². The normalized spacial score (nSPS) is 11.2. The molecule has 0 atom stereocenters. The van der Waals surface area contributed by atoms with Gasteiger partial charge in [-0.1, -0.05) is 11.8 Å². The van der Waals surface area contributed by atoms with Gasteiger partial charge in [-0.2, -0.15) is 0 Å². The van der Waals surface area contributed by atoms with E-state index in [4.69, 9.17) is 5.11 Å². The van der Waals surface area contributed by atoms with E-state index in [9.17, 15) is 18.0 Å². The minimum absolute atomic E-state index is 0.00284. The Hall–Kier alpha value is -1.28. The van der Waals surface area contributed by atoms with Crippen LogP contribution in [0.15, 0.2) is 10.4 Å². The van der Waals surface area contributed by atoms with Crippen molar-refractivity contribution in [1.29, 1.82) is 0 Å². The van der Waals surface area contributed by atoms with Crippen LogP contribution in [0.5, 0.6) is 0 Å². The van der Waals surface area contributed by atoms with Crippen molar-refractivity contribution in [3.63, 3.8) is 0 Å². The molecule has 0 aliphatic rings. The molecule has 0 saturated heterocycles. The highest BCUT2D eigenvalue weighted by molar-refractivity contribution is 8.01. The number of thioether (sulfide) groups is 1. The Morgan fingerprint density at radius 2 is 2.05 bits per heavy atom. The number of aliphatic carboxylic acids is 1. The summed E-state index contributed by atoms with van der Waals surface area (Å²) in [6, 6.07) is 0.511. The van der Waals surface area contributed by atoms with E-state index in [2.05, 4.69) is 4.98 Å². The van der Waals surface area contributed by atoms with Crippen LogP contribution in [0.25, 0.3) is 10.2 Å². The molecule has 0 radical (unpaired) electrons. The maximum atomic E-state index is 13.5. The average Bonchev–Trinajstić information content (AvgIpc) is 2.80. The number of aromatic nitrogens is 1. The molecule has 1 N–H and O–H groups in total. The number of rotatable bonds is 6. The molecule has 0 aliphatic carbocycles. The topological polar surface area (TPSA) is 50.2 Å². The highest BCUT2D eigenvalue weighted by Crippen LogP contribution is 2.33. The highest BCUT2D eigenvalue weighted by Gasteiger charge is 2.17. The third-order valence-electron chi connectivity index (χ3n) is 2.51. The molecule has 3 nitrogen and oxygen atoms in total. The quantitative estimate of drug-likeness (QED) is 0.495. The Morgan fingerprint density at radius 1 is 1.30 bits per heavy atom. The Balaban J connectivity index is 2.03. The zero-order valence-electron chi connectivity index (χ0n) is 10.2. The van der Waals surface area contributed by atoms with Crippen molar-refractivity contribution in [2.75, 3.05) is 5.75 Å². The highest BCUT2D eigenvalue weighted by atomic mass is 32.2. The van der Waals surface area contributed by atoms with E-state index < -0.39 is 23.4 Å². The van der Waals surface area contributed by atoms with Crippen LogP contribution in [-0.4, -0.2) is 21.8 Å². The second-order valence-electron chi connectivity index (χ2n) is 4.01. The first-order valence-electron chi connectivity index (χ1n) is 5.77. The standard InChI is InChI=1S/C12H10F3NO2S2/c13-6-5-7(14)11-10(9(6)15)16-12(20-11)19-4-2-1-3-8(17)18/h5H,1-4H2,(H,17,18). The summed E-state index contributed by atoms with van der Waals surface area (Å²) < 4.78 is 40.4. The van der Waals surface area contributed by atoms with Crippen molar-refractivity contribution in [1.82, 2.24) is 4.98 Å². The van der Waals surface area contributed by atoms with E-state index in [1.54, 1.807) is 0 Å². The number of unbranched alkanes of at least 4 members (excludes halogenated alkanes) is 1. The second-order valence-corrected chi connectivity index (χ2v) is 6.35. The Bertz CT molecular complexity index is 645. The summed E-state index contributed by atoms with van der Waals surface area (Å²) in [4.78, 5) is 14.2. The summed E-state index contributed by atoms with van der Waals surface area (Å²) in [5, 5.41) is 8.48. The fourth-order valence-corrected chi connectivity index (χ4v) is 3.68. The van der Waals surface area contributed by atoms with E-state index in [0.29, 0.717) is 29.0 Å². The van der Waals surface area contributed by atoms with Gasteiger partial charge in [0.1, 0.15) is 11.3 Å². The minimum atomic E-state index is -1.25. The molecule has 0 aliphatic heterocycles. The van der Waals surface area contributed by atoms with Gasteiger partial charge >= 0.3 is 5.97 Å². The van der Waals surface area contributed by atoms with Gasteiger partial charge in [0, 0.05) is 18.2 Å². The lowest BCUT2D eigenvalue weighted by Crippen LogP contribution is -1.94. The summed E-state index contributed by atoms with van der Waals surface area (Å²) in [6.07, 6.45) is 1.28. The lowest BCUT2D eigenvalue weighted by atomic mass is 10.3. The Kier molecular flexibility index (Phi) is 4.87. The lowest BCUT2D eigenvalue weighted by Gasteiger charge is -1.96. The molecular weight excluding hydrogens is 311 g/mol. The number of nitrogens with zero attached hydrogens (tertiary/aromatic N) is 1. The summed E-state index contributed by atoms with van der Waals surface area (Å²) in [5.74, 6) is -3.48. The molecule has 0 unspecified atom stereocenters. The first kappa shape index (κ1) is 15.1. The van der Waals surface area contributed by atoms with E-state index in [1.165, 1.54) is 11.8 Å². The van der Waals surface area contributed by atoms with Crippen LogP contribution in [0, 0.1) is 17.5 Å². The van der Waals surface area contributed by atoms with Gasteiger partial charge in [-0.15, -0.1) is 11.3 Å². The van der Waals surface area contributed by atoms with E-state index >= 15 is 0 Å². The summed E-state index contributed by atoms with van der Waals surface area (Å²) in [6.45, 7) is 0. The minimum Gasteiger partial charge on any atom is -0.481 e. The van der Waals surface area contributed by atoms with Gasteiger partial charge in [-0.25, -0.2) is 18.2 Å². The maximum Gasteiger partial charge on any atom is 0.303 e. The monoisotopic (exact) mass is 321 g/mol. The Labute approximate surface area is 120 Å². The first-order valence-corrected chi connectivity index (χ1v) is 7.58. The van der Waals surface area contributed by atoms with Crippen molar-refractivity contribution in [3.8, 4) is 0 Å². The van der Waals surface area contributed by atoms with E-state index in [0.717, 1.165) is 11.3 Å². The number of hydrogen-bond acceptors (Lipinski definition) is 4. The molecule has 2 aromatic rings. The van der Waals surface area contributed by atoms with E-state index in [-0.39, 0.29) is 16.6 Å². The number of benzene rings is 1. The molecule has 20 heavy (non-hydrogen) atoms. The van der Waals surface area contributed by atoms with Crippen LogP contribution >= 0.6 is 23.1 Å². The number of carboxylic acids is 1. The molecule has 0 fully saturated rings. The lowest BCUT2D eigenvalue weighted by molar-refractivity contribution is -0.137. The number of halogens is 3. The number of carboxylic acid groups (broad SMARTS) is 1. The molecule has 8 heteroatoms. The maximum absolute atomic E-state index is 13.5. The third-order valence-corrected chi connectivity index (χ3v) is 4.80. The molecule has 108 valence electrons. The van der Waals surface area contributed by atoms with Gasteiger partial charge in [0.25, 0.3) is 0 Å². The smallest absolute Gasteiger partial charge is 0.303 e. The summed E-state index contributed by atoms with van der Waals surface area (Å²) in [7, 11) is 0. The fraction of sp³-hybridized carbons (Fsp3) is 0.333. The van der Waals surface area contributed by atoms with Crippen LogP contribution in [-0.2, 0) is 4.79 Å². The summed E-state index contributed by atoms with van der Waals surface area (Å²) >= 11 is 2.24. The van der Waals surface area contributed by atoms with E-state index in [1.807, 2.05) is 0 Å². The fourth-order valence-electron chi connectivity index (χ4n) is 1.56. The molecule has 1 heterocycles. The summed E-state index contributed by atoms with van der Waals surface area (Å²) in [5.41, 5.74) is -0.291. The SMILES string of the molecule is O=C(O)CCCCSc1nc2c(F)c(F)cc(F)c2s1. The van der Waals surface area contributed by atoms with Crippen LogP contribution in [0.1, 0.15) is 19.3 Å². The number of fused-ring (bicyclic) bond motifs is 1. The van der Waals surface area contributed by atoms with Crippen LogP contribution in [0.3, 0.4) is 0 Å². The van der Waals surface area contributed by atoms with Crippen molar-refractivity contribution in [3.05, 3.63) is 23.5 Å². The predicted molar refractivity (Wildman–Crippen MR) is 71.7 cm³/mol. The molecule has 0 spiro atoms. The van der Waals surface area contributed by atoms with Gasteiger partial charge in [0.2, 0.25) is 0 Å². The number of hydrogen-bond donors (Lipinski definition) is 1. The molecule has 1 aromatic heterocycles. The van der Waals surface area contributed by atoms with Crippen LogP contribution in [0.4, 0.5) is 13.2 Å². The number of thiazole rings is 1. The van der Waals surface area contributed by atoms with Crippen molar-refractivity contribution in [2.45, 2.75) is 23.6 Å². The number of carbonyl (C=O) groups is 1. The molecule has 0 amide bonds. The molecule has 1 aromatic carbocycles. The zero-order chi connectivity index (χ0) is 14.7.